The van der Waals surface area contributed by atoms with Crippen molar-refractivity contribution in [1.29, 1.82) is 0 Å². The molecule has 0 atom stereocenters. The zero-order valence-corrected chi connectivity index (χ0v) is 9.03. The molecule has 1 aliphatic rings. The maximum absolute atomic E-state index is 2.34. The number of nitrogens with zero attached hydrogens (tertiary/aromatic N) is 1. The van der Waals surface area contributed by atoms with Crippen LogP contribution in [-0.2, 0) is 0 Å². The van der Waals surface area contributed by atoms with Crippen molar-refractivity contribution in [3.8, 4) is 0 Å². The van der Waals surface area contributed by atoms with Gasteiger partial charge in [0.25, 0.3) is 0 Å². The van der Waals surface area contributed by atoms with Crippen LogP contribution in [-0.4, -0.2) is 31.7 Å². The van der Waals surface area contributed by atoms with Crippen LogP contribution in [0.1, 0.15) is 12.0 Å². The fraction of sp³-hybridized carbons (Fsp3) is 0.385. The first kappa shape index (κ1) is 9.47. The van der Waals surface area contributed by atoms with Crippen molar-refractivity contribution in [3.63, 3.8) is 0 Å². The molecule has 14 heavy (non-hydrogen) atoms. The summed E-state index contributed by atoms with van der Waals surface area (Å²) in [4.78, 5) is 0. The van der Waals surface area contributed by atoms with Crippen LogP contribution in [0.2, 0.25) is 0 Å². The average Bonchev–Trinajstić information content (AvgIpc) is 2.47. The number of benzene rings is 1. The largest absolute Gasteiger partial charge is 0.325 e. The lowest BCUT2D eigenvalue weighted by Crippen LogP contribution is -2.35. The first-order valence-corrected chi connectivity index (χ1v) is 5.22. The van der Waals surface area contributed by atoms with Crippen LogP contribution in [0, 0.1) is 0 Å². The van der Waals surface area contributed by atoms with E-state index in [1.165, 1.54) is 25.1 Å². The SMILES string of the molecule is C[N+]1(C)CC/C(=C\c2ccccc2)C1. The predicted molar refractivity (Wildman–Crippen MR) is 60.9 cm³/mol. The molecule has 74 valence electrons. The topological polar surface area (TPSA) is 0 Å². The predicted octanol–water partition coefficient (Wildman–Crippen LogP) is 2.55. The van der Waals surface area contributed by atoms with Crippen molar-refractivity contribution < 1.29 is 4.48 Å². The summed E-state index contributed by atoms with van der Waals surface area (Å²) >= 11 is 0. The molecule has 1 heteroatoms. The molecule has 0 aliphatic carbocycles. The fourth-order valence-corrected chi connectivity index (χ4v) is 2.06. The van der Waals surface area contributed by atoms with E-state index in [0.29, 0.717) is 0 Å². The maximum atomic E-state index is 2.34. The van der Waals surface area contributed by atoms with Crippen molar-refractivity contribution in [2.24, 2.45) is 0 Å². The Kier molecular flexibility index (Phi) is 2.42. The minimum atomic E-state index is 1.14. The Labute approximate surface area is 86.3 Å². The Morgan fingerprint density at radius 2 is 1.86 bits per heavy atom. The maximum Gasteiger partial charge on any atom is 0.100 e. The van der Waals surface area contributed by atoms with Crippen molar-refractivity contribution >= 4 is 6.08 Å². The molecule has 1 aliphatic heterocycles. The molecule has 0 unspecified atom stereocenters. The highest BCUT2D eigenvalue weighted by atomic mass is 15.3. The monoisotopic (exact) mass is 188 g/mol. The van der Waals surface area contributed by atoms with Gasteiger partial charge in [0.2, 0.25) is 0 Å². The summed E-state index contributed by atoms with van der Waals surface area (Å²) in [5, 5.41) is 0. The van der Waals surface area contributed by atoms with Crippen molar-refractivity contribution in [3.05, 3.63) is 41.5 Å². The van der Waals surface area contributed by atoms with E-state index in [1.807, 2.05) is 0 Å². The molecule has 1 saturated heterocycles. The van der Waals surface area contributed by atoms with Crippen LogP contribution < -0.4 is 0 Å². The number of hydrogen-bond acceptors (Lipinski definition) is 0. The van der Waals surface area contributed by atoms with Gasteiger partial charge in [-0.2, -0.15) is 0 Å². The third kappa shape index (κ3) is 2.24. The van der Waals surface area contributed by atoms with E-state index in [0.717, 1.165) is 4.48 Å². The summed E-state index contributed by atoms with van der Waals surface area (Å²) in [7, 11) is 4.59. The van der Waals surface area contributed by atoms with Crippen LogP contribution in [0.15, 0.2) is 35.9 Å². The average molecular weight is 188 g/mol. The Morgan fingerprint density at radius 3 is 2.43 bits per heavy atom. The van der Waals surface area contributed by atoms with Gasteiger partial charge in [-0.05, 0) is 17.2 Å². The Hall–Kier alpha value is -1.08. The van der Waals surface area contributed by atoms with Crippen LogP contribution in [0.5, 0.6) is 0 Å². The zero-order chi connectivity index (χ0) is 10.0. The summed E-state index contributed by atoms with van der Waals surface area (Å²) in [5.41, 5.74) is 2.92. The van der Waals surface area contributed by atoms with Crippen molar-refractivity contribution in [2.75, 3.05) is 27.2 Å². The molecule has 0 bridgehead atoms. The lowest BCUT2D eigenvalue weighted by Gasteiger charge is -2.21. The second kappa shape index (κ2) is 3.58. The summed E-state index contributed by atoms with van der Waals surface area (Å²) < 4.78 is 1.14. The molecule has 1 heterocycles. The van der Waals surface area contributed by atoms with E-state index < -0.39 is 0 Å². The second-order valence-corrected chi connectivity index (χ2v) is 4.78. The molecule has 0 amide bonds. The van der Waals surface area contributed by atoms with Gasteiger partial charge in [-0.3, -0.25) is 0 Å². The van der Waals surface area contributed by atoms with Gasteiger partial charge in [0.05, 0.1) is 20.6 Å². The Bertz CT molecular complexity index is 336. The molecule has 0 radical (unpaired) electrons. The molecule has 0 N–H and O–H groups in total. The summed E-state index contributed by atoms with van der Waals surface area (Å²) in [6.07, 6.45) is 3.59. The third-order valence-corrected chi connectivity index (χ3v) is 2.84. The number of rotatable bonds is 1. The normalized spacial score (nSPS) is 22.9. The molecule has 1 fully saturated rings. The molecule has 0 saturated carbocycles. The Morgan fingerprint density at radius 1 is 1.14 bits per heavy atom. The summed E-state index contributed by atoms with van der Waals surface area (Å²) in [5.74, 6) is 0. The van der Waals surface area contributed by atoms with Gasteiger partial charge in [-0.1, -0.05) is 30.3 Å². The van der Waals surface area contributed by atoms with Gasteiger partial charge >= 0.3 is 0 Å². The quantitative estimate of drug-likeness (QED) is 0.594. The number of hydrogen-bond donors (Lipinski definition) is 0. The Balaban J connectivity index is 2.14. The second-order valence-electron chi connectivity index (χ2n) is 4.78. The zero-order valence-electron chi connectivity index (χ0n) is 9.03. The molecule has 1 aromatic carbocycles. The first-order chi connectivity index (χ1) is 6.66. The highest BCUT2D eigenvalue weighted by molar-refractivity contribution is 5.53. The van der Waals surface area contributed by atoms with E-state index in [1.54, 1.807) is 5.57 Å². The van der Waals surface area contributed by atoms with Crippen LogP contribution in [0.25, 0.3) is 6.08 Å². The molecule has 1 aromatic rings. The molecule has 0 spiro atoms. The van der Waals surface area contributed by atoms with E-state index in [2.05, 4.69) is 50.5 Å². The number of quaternary nitrogens is 1. The van der Waals surface area contributed by atoms with Gasteiger partial charge < -0.3 is 4.48 Å². The standard InChI is InChI=1S/C13H18N/c1-14(2)9-8-13(11-14)10-12-6-4-3-5-7-12/h3-7,10H,8-9,11H2,1-2H3/q+1/b13-10+. The molecule has 1 nitrogen and oxygen atoms in total. The minimum Gasteiger partial charge on any atom is -0.325 e. The molecular weight excluding hydrogens is 170 g/mol. The lowest BCUT2D eigenvalue weighted by molar-refractivity contribution is -0.875. The van der Waals surface area contributed by atoms with Crippen LogP contribution in [0.4, 0.5) is 0 Å². The number of likely N-dealkylation sites (N-methyl/N-ethyl adjacent to an activating group) is 1. The highest BCUT2D eigenvalue weighted by Crippen LogP contribution is 2.21. The fourth-order valence-electron chi connectivity index (χ4n) is 2.06. The summed E-state index contributed by atoms with van der Waals surface area (Å²) in [6, 6.07) is 10.6. The molecule has 0 aromatic heterocycles. The van der Waals surface area contributed by atoms with Gasteiger partial charge in [-0.15, -0.1) is 0 Å². The van der Waals surface area contributed by atoms with Crippen molar-refractivity contribution in [2.45, 2.75) is 6.42 Å². The minimum absolute atomic E-state index is 1.14. The van der Waals surface area contributed by atoms with Crippen molar-refractivity contribution in [1.82, 2.24) is 0 Å². The smallest absolute Gasteiger partial charge is 0.100 e. The lowest BCUT2D eigenvalue weighted by atomic mass is 10.1. The van der Waals surface area contributed by atoms with Gasteiger partial charge in [-0.25, -0.2) is 0 Å². The van der Waals surface area contributed by atoms with E-state index in [9.17, 15) is 0 Å². The van der Waals surface area contributed by atoms with E-state index in [-0.39, 0.29) is 0 Å². The van der Waals surface area contributed by atoms with E-state index in [4.69, 9.17) is 0 Å². The first-order valence-electron chi connectivity index (χ1n) is 5.22. The van der Waals surface area contributed by atoms with Gasteiger partial charge in [0.1, 0.15) is 6.54 Å². The van der Waals surface area contributed by atoms with Crippen LogP contribution >= 0.6 is 0 Å². The van der Waals surface area contributed by atoms with Gasteiger partial charge in [0, 0.05) is 6.42 Å². The third-order valence-electron chi connectivity index (χ3n) is 2.84. The summed E-state index contributed by atoms with van der Waals surface area (Å²) in [6.45, 7) is 2.48. The number of likely N-dealkylation sites (tertiary alicyclic amines) is 1. The van der Waals surface area contributed by atoms with E-state index >= 15 is 0 Å². The van der Waals surface area contributed by atoms with Crippen LogP contribution in [0.3, 0.4) is 0 Å². The molecular formula is C13H18N+. The highest BCUT2D eigenvalue weighted by Gasteiger charge is 2.24. The van der Waals surface area contributed by atoms with Gasteiger partial charge in [0.15, 0.2) is 0 Å². The molecule has 2 rings (SSSR count).